The average Bonchev–Trinajstić information content (AvgIpc) is 3.59. The third-order valence-corrected chi connectivity index (χ3v) is 7.83. The second-order valence-electron chi connectivity index (χ2n) is 8.02. The summed E-state index contributed by atoms with van der Waals surface area (Å²) < 4.78 is 57.0. The number of dihydropyridines is 1. The molecule has 1 saturated carbocycles. The molecule has 1 atom stereocenters. The molecule has 0 saturated heterocycles. The van der Waals surface area contributed by atoms with Crippen LogP contribution in [0.3, 0.4) is 0 Å². The van der Waals surface area contributed by atoms with Crippen LogP contribution in [0.25, 0.3) is 0 Å². The Morgan fingerprint density at radius 2 is 1.97 bits per heavy atom. The summed E-state index contributed by atoms with van der Waals surface area (Å²) >= 11 is 6.30. The first-order chi connectivity index (χ1) is 15.7. The molecule has 2 heterocycles. The minimum absolute atomic E-state index is 0.0226. The number of nitrogens with one attached hydrogen (secondary N) is 1. The molecule has 2 aliphatic heterocycles. The van der Waals surface area contributed by atoms with Crippen molar-refractivity contribution >= 4 is 33.4 Å². The van der Waals surface area contributed by atoms with Gasteiger partial charge in [0.1, 0.15) is 19.0 Å². The summed E-state index contributed by atoms with van der Waals surface area (Å²) in [5.41, 5.74) is 0.299. The van der Waals surface area contributed by atoms with E-state index >= 15 is 4.39 Å². The normalized spacial score (nSPS) is 22.2. The van der Waals surface area contributed by atoms with Gasteiger partial charge in [0, 0.05) is 16.3 Å². The maximum absolute atomic E-state index is 15.0. The molecule has 1 unspecified atom stereocenters. The van der Waals surface area contributed by atoms with Crippen molar-refractivity contribution in [1.82, 2.24) is 5.32 Å². The molecule has 4 rings (SSSR count). The molecule has 8 nitrogen and oxygen atoms in total. The number of rotatable bonds is 6. The van der Waals surface area contributed by atoms with Gasteiger partial charge in [-0.3, -0.25) is 4.79 Å². The second kappa shape index (κ2) is 9.44. The van der Waals surface area contributed by atoms with E-state index in [4.69, 9.17) is 25.8 Å². The maximum atomic E-state index is 15.0. The van der Waals surface area contributed by atoms with E-state index in [1.165, 1.54) is 12.1 Å². The van der Waals surface area contributed by atoms with Crippen LogP contribution in [0.15, 0.2) is 40.1 Å². The van der Waals surface area contributed by atoms with Gasteiger partial charge < -0.3 is 19.5 Å². The van der Waals surface area contributed by atoms with Crippen LogP contribution in [-0.4, -0.2) is 52.5 Å². The van der Waals surface area contributed by atoms with Crippen molar-refractivity contribution in [3.05, 3.63) is 56.5 Å². The van der Waals surface area contributed by atoms with Gasteiger partial charge in [-0.05, 0) is 31.9 Å². The molecule has 11 heteroatoms. The predicted octanol–water partition coefficient (Wildman–Crippen LogP) is 2.59. The summed E-state index contributed by atoms with van der Waals surface area (Å²) in [6, 6.07) is 3.97. The summed E-state index contributed by atoms with van der Waals surface area (Å²) in [5, 5.41) is 2.90. The van der Waals surface area contributed by atoms with Gasteiger partial charge in [-0.2, -0.15) is 0 Å². The molecule has 0 amide bonds. The molecule has 1 fully saturated rings. The average molecular weight is 500 g/mol. The SMILES string of the molecule is CC1=C(C(=O)OCCOC(=O)C2CC2)C(c2c(F)cccc2Cl)C2=C(COCCS2(=O)=O)N1. The number of hydrogen-bond donors (Lipinski definition) is 1. The van der Waals surface area contributed by atoms with Crippen LogP contribution in [0.2, 0.25) is 5.02 Å². The highest BCUT2D eigenvalue weighted by atomic mass is 35.5. The Morgan fingerprint density at radius 1 is 1.24 bits per heavy atom. The van der Waals surface area contributed by atoms with E-state index in [1.807, 2.05) is 0 Å². The molecular formula is C22H23ClFNO7S. The molecule has 0 spiro atoms. The van der Waals surface area contributed by atoms with E-state index in [9.17, 15) is 18.0 Å². The zero-order chi connectivity index (χ0) is 23.8. The fourth-order valence-corrected chi connectivity index (χ4v) is 5.84. The van der Waals surface area contributed by atoms with Gasteiger partial charge in [0.15, 0.2) is 9.84 Å². The van der Waals surface area contributed by atoms with Gasteiger partial charge in [-0.1, -0.05) is 17.7 Å². The quantitative estimate of drug-likeness (QED) is 0.470. The van der Waals surface area contributed by atoms with Crippen molar-refractivity contribution in [2.45, 2.75) is 25.7 Å². The first-order valence-corrected chi connectivity index (χ1v) is 12.5. The van der Waals surface area contributed by atoms with Gasteiger partial charge in [0.2, 0.25) is 0 Å². The van der Waals surface area contributed by atoms with Crippen molar-refractivity contribution in [2.24, 2.45) is 5.92 Å². The van der Waals surface area contributed by atoms with E-state index < -0.39 is 27.5 Å². The van der Waals surface area contributed by atoms with Gasteiger partial charge in [0.05, 0.1) is 47.0 Å². The highest BCUT2D eigenvalue weighted by Crippen LogP contribution is 2.45. The summed E-state index contributed by atoms with van der Waals surface area (Å²) in [6.45, 7) is 1.11. The molecular weight excluding hydrogens is 477 g/mol. The molecule has 0 radical (unpaired) electrons. The Hall–Kier alpha value is -2.43. The van der Waals surface area contributed by atoms with Crippen molar-refractivity contribution in [1.29, 1.82) is 0 Å². The summed E-state index contributed by atoms with van der Waals surface area (Å²) in [7, 11) is -3.92. The van der Waals surface area contributed by atoms with Gasteiger partial charge in [0.25, 0.3) is 0 Å². The van der Waals surface area contributed by atoms with Crippen molar-refractivity contribution in [3.8, 4) is 0 Å². The lowest BCUT2D eigenvalue weighted by atomic mass is 9.86. The number of allylic oxidation sites excluding steroid dienone is 2. The van der Waals surface area contributed by atoms with Crippen molar-refractivity contribution in [2.75, 3.05) is 32.2 Å². The standard InChI is InChI=1S/C22H23ClFNO7S/c1-12-17(22(27)32-8-7-31-21(26)13-5-6-13)19(18-14(23)3-2-4-15(18)24)20-16(25-12)11-30-9-10-33(20,28)29/h2-4,13,19,25H,5-11H2,1H3. The number of halogens is 2. The van der Waals surface area contributed by atoms with Crippen molar-refractivity contribution in [3.63, 3.8) is 0 Å². The predicted molar refractivity (Wildman–Crippen MR) is 116 cm³/mol. The number of carbonyl (C=O) groups is 2. The summed E-state index contributed by atoms with van der Waals surface area (Å²) in [6.07, 6.45) is 1.58. The Kier molecular flexibility index (Phi) is 6.78. The van der Waals surface area contributed by atoms with E-state index in [2.05, 4.69) is 5.32 Å². The molecule has 178 valence electrons. The van der Waals surface area contributed by atoms with Crippen LogP contribution in [0.5, 0.6) is 0 Å². The molecule has 1 aromatic carbocycles. The second-order valence-corrected chi connectivity index (χ2v) is 10.5. The molecule has 0 bridgehead atoms. The first-order valence-electron chi connectivity index (χ1n) is 10.5. The topological polar surface area (TPSA) is 108 Å². The lowest BCUT2D eigenvalue weighted by Crippen LogP contribution is -2.34. The van der Waals surface area contributed by atoms with E-state index in [0.717, 1.165) is 18.9 Å². The number of hydrogen-bond acceptors (Lipinski definition) is 8. The van der Waals surface area contributed by atoms with E-state index in [0.29, 0.717) is 5.70 Å². The van der Waals surface area contributed by atoms with Crippen LogP contribution >= 0.6 is 11.6 Å². The smallest absolute Gasteiger partial charge is 0.336 e. The Bertz CT molecular complexity index is 1140. The molecule has 3 aliphatic rings. The zero-order valence-corrected chi connectivity index (χ0v) is 19.4. The third-order valence-electron chi connectivity index (χ3n) is 5.65. The number of carbonyl (C=O) groups excluding carboxylic acids is 2. The van der Waals surface area contributed by atoms with Gasteiger partial charge in [-0.15, -0.1) is 0 Å². The third kappa shape index (κ3) is 4.92. The summed E-state index contributed by atoms with van der Waals surface area (Å²) in [4.78, 5) is 24.6. The van der Waals surface area contributed by atoms with Crippen LogP contribution in [0.1, 0.15) is 31.2 Å². The Labute approximate surface area is 195 Å². The minimum Gasteiger partial charge on any atom is -0.462 e. The first kappa shape index (κ1) is 23.7. The Balaban J connectivity index is 1.68. The number of ether oxygens (including phenoxy) is 3. The molecule has 1 N–H and O–H groups in total. The van der Waals surface area contributed by atoms with Gasteiger partial charge in [-0.25, -0.2) is 17.6 Å². The lowest BCUT2D eigenvalue weighted by molar-refractivity contribution is -0.151. The van der Waals surface area contributed by atoms with Crippen LogP contribution < -0.4 is 5.32 Å². The van der Waals surface area contributed by atoms with Crippen LogP contribution in [0, 0.1) is 11.7 Å². The molecule has 1 aliphatic carbocycles. The Morgan fingerprint density at radius 3 is 2.67 bits per heavy atom. The largest absolute Gasteiger partial charge is 0.462 e. The minimum atomic E-state index is -3.92. The zero-order valence-electron chi connectivity index (χ0n) is 17.9. The van der Waals surface area contributed by atoms with E-state index in [1.54, 1.807) is 6.92 Å². The maximum Gasteiger partial charge on any atom is 0.336 e. The molecule has 33 heavy (non-hydrogen) atoms. The lowest BCUT2D eigenvalue weighted by Gasteiger charge is -2.31. The summed E-state index contributed by atoms with van der Waals surface area (Å²) in [5.74, 6) is -3.68. The monoisotopic (exact) mass is 499 g/mol. The van der Waals surface area contributed by atoms with E-state index in [-0.39, 0.29) is 70.8 Å². The fourth-order valence-electron chi connectivity index (χ4n) is 3.93. The molecule has 1 aromatic rings. The van der Waals surface area contributed by atoms with Gasteiger partial charge >= 0.3 is 11.9 Å². The van der Waals surface area contributed by atoms with Crippen LogP contribution in [-0.2, 0) is 33.6 Å². The highest BCUT2D eigenvalue weighted by molar-refractivity contribution is 7.95. The number of benzene rings is 1. The fraction of sp³-hybridized carbons (Fsp3) is 0.455. The highest BCUT2D eigenvalue weighted by Gasteiger charge is 2.43. The van der Waals surface area contributed by atoms with Crippen LogP contribution in [0.4, 0.5) is 4.39 Å². The number of sulfone groups is 1. The molecule has 0 aromatic heterocycles. The number of esters is 2. The van der Waals surface area contributed by atoms with Crippen molar-refractivity contribution < 1.29 is 36.6 Å².